The fraction of sp³-hybridized carbons (Fsp3) is 0.800. The number of hydrogen-bond acceptors (Lipinski definition) is 0. The zero-order valence-corrected chi connectivity index (χ0v) is 8.20. The van der Waals surface area contributed by atoms with Crippen LogP contribution < -0.4 is 0 Å². The number of allylic oxidation sites excluding steroid dienone is 2. The van der Waals surface area contributed by atoms with Crippen molar-refractivity contribution in [3.8, 4) is 0 Å². The smallest absolute Gasteiger partial charge is 0.0145 e. The number of rotatable bonds is 0. The van der Waals surface area contributed by atoms with Gasteiger partial charge in [0.1, 0.15) is 0 Å². The fourth-order valence-electron chi connectivity index (χ4n) is 2.83. The predicted molar refractivity (Wildman–Crippen MR) is 48.5 cm³/mol. The van der Waals surface area contributed by atoms with E-state index < -0.39 is 0 Å². The van der Waals surface area contributed by atoms with E-state index in [1.54, 1.807) is 5.57 Å². The summed E-state index contributed by atoms with van der Waals surface area (Å²) in [7, 11) is 0. The fourth-order valence-corrected chi connectivity index (χ4v) is 3.04. The lowest BCUT2D eigenvalue weighted by atomic mass is 9.97. The lowest BCUT2D eigenvalue weighted by Gasteiger charge is -2.10. The SMILES string of the molecule is C/C(Cl)=C1/CC[C@@H]2[C@H]1C2(C)C. The van der Waals surface area contributed by atoms with Crippen LogP contribution in [0.15, 0.2) is 10.6 Å². The van der Waals surface area contributed by atoms with Gasteiger partial charge in [-0.15, -0.1) is 0 Å². The highest BCUT2D eigenvalue weighted by Crippen LogP contribution is 2.69. The van der Waals surface area contributed by atoms with Gasteiger partial charge in [-0.05, 0) is 37.0 Å². The summed E-state index contributed by atoms with van der Waals surface area (Å²) in [6.45, 7) is 6.76. The number of halogens is 1. The molecule has 0 unspecified atom stereocenters. The molecule has 2 atom stereocenters. The Bertz CT molecular complexity index is 221. The van der Waals surface area contributed by atoms with Crippen LogP contribution in [0, 0.1) is 17.3 Å². The van der Waals surface area contributed by atoms with Gasteiger partial charge in [0, 0.05) is 5.03 Å². The minimum Gasteiger partial charge on any atom is -0.0895 e. The second-order valence-corrected chi connectivity index (χ2v) is 5.07. The van der Waals surface area contributed by atoms with Crippen molar-refractivity contribution in [3.05, 3.63) is 10.6 Å². The van der Waals surface area contributed by atoms with Crippen molar-refractivity contribution in [3.63, 3.8) is 0 Å². The Morgan fingerprint density at radius 2 is 2.18 bits per heavy atom. The summed E-state index contributed by atoms with van der Waals surface area (Å²) in [5, 5.41) is 1.06. The molecule has 62 valence electrons. The molecule has 2 rings (SSSR count). The molecular weight excluding hydrogens is 156 g/mol. The van der Waals surface area contributed by atoms with Gasteiger partial charge < -0.3 is 0 Å². The second-order valence-electron chi connectivity index (χ2n) is 4.50. The summed E-state index contributed by atoms with van der Waals surface area (Å²) in [5.74, 6) is 1.78. The zero-order chi connectivity index (χ0) is 8.22. The lowest BCUT2D eigenvalue weighted by Crippen LogP contribution is -1.98. The van der Waals surface area contributed by atoms with Crippen LogP contribution in [-0.4, -0.2) is 0 Å². The predicted octanol–water partition coefficient (Wildman–Crippen LogP) is 3.57. The maximum atomic E-state index is 6.01. The largest absolute Gasteiger partial charge is 0.0895 e. The monoisotopic (exact) mass is 170 g/mol. The molecule has 0 spiro atoms. The van der Waals surface area contributed by atoms with Crippen LogP contribution in [0.25, 0.3) is 0 Å². The van der Waals surface area contributed by atoms with E-state index in [1.807, 2.05) is 6.92 Å². The molecule has 0 aliphatic heterocycles. The molecule has 2 saturated carbocycles. The topological polar surface area (TPSA) is 0 Å². The summed E-state index contributed by atoms with van der Waals surface area (Å²) < 4.78 is 0. The van der Waals surface area contributed by atoms with Crippen LogP contribution in [0.5, 0.6) is 0 Å². The van der Waals surface area contributed by atoms with E-state index in [4.69, 9.17) is 11.6 Å². The van der Waals surface area contributed by atoms with Crippen molar-refractivity contribution in [1.82, 2.24) is 0 Å². The van der Waals surface area contributed by atoms with Gasteiger partial charge in [-0.2, -0.15) is 0 Å². The van der Waals surface area contributed by atoms with Crippen molar-refractivity contribution in [1.29, 1.82) is 0 Å². The molecule has 0 nitrogen and oxygen atoms in total. The van der Waals surface area contributed by atoms with Crippen molar-refractivity contribution < 1.29 is 0 Å². The van der Waals surface area contributed by atoms with E-state index in [0.717, 1.165) is 16.9 Å². The van der Waals surface area contributed by atoms with E-state index in [-0.39, 0.29) is 0 Å². The Hall–Kier alpha value is 0.0300. The van der Waals surface area contributed by atoms with Crippen molar-refractivity contribution in [2.75, 3.05) is 0 Å². The Labute approximate surface area is 73.6 Å². The van der Waals surface area contributed by atoms with E-state index in [9.17, 15) is 0 Å². The molecule has 0 heterocycles. The number of hydrogen-bond donors (Lipinski definition) is 0. The molecule has 0 bridgehead atoms. The Kier molecular flexibility index (Phi) is 1.42. The van der Waals surface area contributed by atoms with Crippen molar-refractivity contribution in [2.45, 2.75) is 33.6 Å². The quantitative estimate of drug-likeness (QED) is 0.522. The van der Waals surface area contributed by atoms with Crippen molar-refractivity contribution >= 4 is 11.6 Å². The molecule has 0 amide bonds. The number of fused-ring (bicyclic) bond motifs is 1. The maximum Gasteiger partial charge on any atom is 0.0145 e. The van der Waals surface area contributed by atoms with Crippen LogP contribution in [-0.2, 0) is 0 Å². The molecule has 0 N–H and O–H groups in total. The Morgan fingerprint density at radius 1 is 1.55 bits per heavy atom. The lowest BCUT2D eigenvalue weighted by molar-refractivity contribution is 0.504. The third-order valence-electron chi connectivity index (χ3n) is 3.59. The molecule has 2 fully saturated rings. The Morgan fingerprint density at radius 3 is 2.45 bits per heavy atom. The molecule has 2 aliphatic carbocycles. The molecule has 1 heteroatoms. The van der Waals surface area contributed by atoms with E-state index in [0.29, 0.717) is 5.41 Å². The first-order valence-electron chi connectivity index (χ1n) is 4.40. The molecule has 0 saturated heterocycles. The molecule has 0 radical (unpaired) electrons. The first kappa shape index (κ1) is 7.67. The van der Waals surface area contributed by atoms with Crippen LogP contribution in [0.2, 0.25) is 0 Å². The van der Waals surface area contributed by atoms with Crippen LogP contribution in [0.4, 0.5) is 0 Å². The summed E-state index contributed by atoms with van der Waals surface area (Å²) in [4.78, 5) is 0. The normalized spacial score (nSPS) is 43.6. The third-order valence-corrected chi connectivity index (χ3v) is 3.84. The van der Waals surface area contributed by atoms with Gasteiger partial charge in [-0.1, -0.05) is 31.0 Å². The highest BCUT2D eigenvalue weighted by Gasteiger charge is 2.61. The van der Waals surface area contributed by atoms with Gasteiger partial charge in [0.05, 0.1) is 0 Å². The zero-order valence-electron chi connectivity index (χ0n) is 7.45. The average molecular weight is 171 g/mol. The minimum absolute atomic E-state index is 0.573. The van der Waals surface area contributed by atoms with Crippen LogP contribution >= 0.6 is 11.6 Å². The van der Waals surface area contributed by atoms with Crippen LogP contribution in [0.1, 0.15) is 33.6 Å². The highest BCUT2D eigenvalue weighted by atomic mass is 35.5. The van der Waals surface area contributed by atoms with Gasteiger partial charge in [0.2, 0.25) is 0 Å². The third kappa shape index (κ3) is 0.885. The van der Waals surface area contributed by atoms with Gasteiger partial charge in [0.15, 0.2) is 0 Å². The first-order chi connectivity index (χ1) is 5.05. The molecule has 0 aromatic carbocycles. The standard InChI is InChI=1S/C10H15Cl/c1-6(11)7-4-5-8-9(7)10(8,2)3/h8-9H,4-5H2,1-3H3/b7-6+/t8-,9+/m1/s1. The summed E-state index contributed by atoms with van der Waals surface area (Å²) >= 11 is 6.01. The summed E-state index contributed by atoms with van der Waals surface area (Å²) in [6.07, 6.45) is 2.63. The molecule has 0 aromatic heterocycles. The van der Waals surface area contributed by atoms with E-state index in [2.05, 4.69) is 13.8 Å². The van der Waals surface area contributed by atoms with Gasteiger partial charge in [-0.25, -0.2) is 0 Å². The van der Waals surface area contributed by atoms with Gasteiger partial charge in [0.25, 0.3) is 0 Å². The van der Waals surface area contributed by atoms with Gasteiger partial charge in [-0.3, -0.25) is 0 Å². The first-order valence-corrected chi connectivity index (χ1v) is 4.78. The molecular formula is C10H15Cl. The van der Waals surface area contributed by atoms with E-state index in [1.165, 1.54) is 12.8 Å². The summed E-state index contributed by atoms with van der Waals surface area (Å²) in [5.41, 5.74) is 2.12. The summed E-state index contributed by atoms with van der Waals surface area (Å²) in [6, 6.07) is 0. The van der Waals surface area contributed by atoms with E-state index >= 15 is 0 Å². The van der Waals surface area contributed by atoms with Crippen molar-refractivity contribution in [2.24, 2.45) is 17.3 Å². The molecule has 0 aromatic rings. The van der Waals surface area contributed by atoms with Gasteiger partial charge >= 0.3 is 0 Å². The molecule has 11 heavy (non-hydrogen) atoms. The second kappa shape index (κ2) is 2.04. The molecule has 2 aliphatic rings. The average Bonchev–Trinajstić information content (AvgIpc) is 2.34. The highest BCUT2D eigenvalue weighted by molar-refractivity contribution is 6.29. The van der Waals surface area contributed by atoms with Crippen LogP contribution in [0.3, 0.4) is 0 Å². The maximum absolute atomic E-state index is 6.01. The Balaban J connectivity index is 2.27. The minimum atomic E-state index is 0.573.